The number of hydrogen-bond acceptors (Lipinski definition) is 3. The SMILES string of the molecule is CC(C)(C)OC(=O)N1CCCC1c1ncc(-c2ccc3c(c2)C(F)(F)c2cc(Br)ccc2-3)[nH]1. The van der Waals surface area contributed by atoms with Gasteiger partial charge in [-0.25, -0.2) is 9.78 Å². The summed E-state index contributed by atoms with van der Waals surface area (Å²) in [6.45, 7) is 6.10. The van der Waals surface area contributed by atoms with Gasteiger partial charge in [-0.1, -0.05) is 34.1 Å². The zero-order valence-corrected chi connectivity index (χ0v) is 20.2. The zero-order valence-electron chi connectivity index (χ0n) is 18.6. The molecule has 1 unspecified atom stereocenters. The Balaban J connectivity index is 1.44. The number of nitrogens with one attached hydrogen (secondary N) is 1. The van der Waals surface area contributed by atoms with Gasteiger partial charge in [0.25, 0.3) is 5.92 Å². The van der Waals surface area contributed by atoms with Crippen LogP contribution in [-0.4, -0.2) is 33.1 Å². The number of carbonyl (C=O) groups is 1. The second kappa shape index (κ2) is 7.65. The molecular formula is C25H24BrF2N3O2. The lowest BCUT2D eigenvalue weighted by Crippen LogP contribution is -2.36. The van der Waals surface area contributed by atoms with E-state index in [4.69, 9.17) is 4.74 Å². The maximum atomic E-state index is 15.2. The van der Waals surface area contributed by atoms with E-state index in [-0.39, 0.29) is 23.3 Å². The van der Waals surface area contributed by atoms with E-state index < -0.39 is 11.5 Å². The minimum atomic E-state index is -3.08. The van der Waals surface area contributed by atoms with Crippen LogP contribution in [-0.2, 0) is 10.7 Å². The fourth-order valence-corrected chi connectivity index (χ4v) is 4.97. The summed E-state index contributed by atoms with van der Waals surface area (Å²) < 4.78 is 36.6. The Kier molecular flexibility index (Phi) is 5.12. The highest BCUT2D eigenvalue weighted by atomic mass is 79.9. The van der Waals surface area contributed by atoms with Crippen LogP contribution in [0.25, 0.3) is 22.4 Å². The number of nitrogens with zero attached hydrogens (tertiary/aromatic N) is 2. The van der Waals surface area contributed by atoms with E-state index in [1.165, 1.54) is 12.1 Å². The number of aromatic amines is 1. The first-order chi connectivity index (χ1) is 15.5. The number of rotatable bonds is 2. The molecule has 0 saturated carbocycles. The van der Waals surface area contributed by atoms with Crippen molar-refractivity contribution in [2.24, 2.45) is 0 Å². The lowest BCUT2D eigenvalue weighted by molar-refractivity contribution is 0.0218. The number of benzene rings is 2. The van der Waals surface area contributed by atoms with Gasteiger partial charge in [-0.15, -0.1) is 0 Å². The van der Waals surface area contributed by atoms with Crippen LogP contribution in [0.1, 0.15) is 56.6 Å². The van der Waals surface area contributed by atoms with Crippen molar-refractivity contribution in [1.29, 1.82) is 0 Å². The number of amides is 1. The second-order valence-electron chi connectivity index (χ2n) is 9.54. The minimum Gasteiger partial charge on any atom is -0.444 e. The molecule has 3 aromatic rings. The van der Waals surface area contributed by atoms with Crippen LogP contribution in [0.2, 0.25) is 0 Å². The molecule has 0 radical (unpaired) electrons. The lowest BCUT2D eigenvalue weighted by Gasteiger charge is -2.27. The molecule has 1 atom stereocenters. The van der Waals surface area contributed by atoms with Crippen molar-refractivity contribution in [2.45, 2.75) is 51.2 Å². The Morgan fingerprint density at radius 3 is 2.61 bits per heavy atom. The van der Waals surface area contributed by atoms with Crippen LogP contribution in [0.4, 0.5) is 13.6 Å². The summed E-state index contributed by atoms with van der Waals surface area (Å²) in [5.41, 5.74) is 1.76. The molecule has 1 saturated heterocycles. The molecule has 1 amide bonds. The van der Waals surface area contributed by atoms with Crippen molar-refractivity contribution in [3.63, 3.8) is 0 Å². The summed E-state index contributed by atoms with van der Waals surface area (Å²) in [7, 11) is 0. The molecule has 1 aliphatic heterocycles. The van der Waals surface area contributed by atoms with Crippen LogP contribution < -0.4 is 0 Å². The van der Waals surface area contributed by atoms with Crippen molar-refractivity contribution < 1.29 is 18.3 Å². The Hall–Kier alpha value is -2.74. The number of hydrogen-bond donors (Lipinski definition) is 1. The Bertz CT molecular complexity index is 1250. The van der Waals surface area contributed by atoms with Crippen LogP contribution in [0, 0.1) is 0 Å². The fraction of sp³-hybridized carbons (Fsp3) is 0.360. The number of imidazole rings is 1. The van der Waals surface area contributed by atoms with Gasteiger partial charge in [0.05, 0.1) is 17.9 Å². The number of halogens is 3. The second-order valence-corrected chi connectivity index (χ2v) is 10.5. The minimum absolute atomic E-state index is 0.00767. The monoisotopic (exact) mass is 515 g/mol. The van der Waals surface area contributed by atoms with E-state index in [9.17, 15) is 4.79 Å². The average Bonchev–Trinajstić information content (AvgIpc) is 3.45. The summed E-state index contributed by atoms with van der Waals surface area (Å²) in [5.74, 6) is -2.44. The maximum absolute atomic E-state index is 15.2. The van der Waals surface area contributed by atoms with E-state index in [1.54, 1.807) is 29.3 Å². The highest BCUT2D eigenvalue weighted by Crippen LogP contribution is 2.52. The molecule has 0 spiro atoms. The molecule has 1 fully saturated rings. The number of fused-ring (bicyclic) bond motifs is 3. The predicted molar refractivity (Wildman–Crippen MR) is 125 cm³/mol. The van der Waals surface area contributed by atoms with Crippen molar-refractivity contribution in [3.8, 4) is 22.4 Å². The van der Waals surface area contributed by atoms with E-state index in [0.717, 1.165) is 12.8 Å². The van der Waals surface area contributed by atoms with Gasteiger partial charge in [-0.05, 0) is 62.9 Å². The lowest BCUT2D eigenvalue weighted by atomic mass is 10.0. The Morgan fingerprint density at radius 1 is 1.18 bits per heavy atom. The number of carbonyl (C=O) groups excluding carboxylic acids is 1. The summed E-state index contributed by atoms with van der Waals surface area (Å²) in [5, 5.41) is 0. The molecule has 5 nitrogen and oxygen atoms in total. The quantitative estimate of drug-likeness (QED) is 0.398. The van der Waals surface area contributed by atoms with Crippen LogP contribution in [0.15, 0.2) is 47.1 Å². The molecule has 8 heteroatoms. The molecule has 2 aromatic carbocycles. The van der Waals surface area contributed by atoms with Crippen LogP contribution >= 0.6 is 15.9 Å². The zero-order chi connectivity index (χ0) is 23.5. The van der Waals surface area contributed by atoms with Gasteiger partial charge in [0, 0.05) is 27.7 Å². The van der Waals surface area contributed by atoms with Crippen molar-refractivity contribution in [2.75, 3.05) is 6.54 Å². The van der Waals surface area contributed by atoms with Gasteiger partial charge in [-0.3, -0.25) is 4.90 Å². The highest BCUT2D eigenvalue weighted by molar-refractivity contribution is 9.10. The highest BCUT2D eigenvalue weighted by Gasteiger charge is 2.44. The third-order valence-electron chi connectivity index (χ3n) is 6.07. The maximum Gasteiger partial charge on any atom is 0.410 e. The molecule has 172 valence electrons. The number of ether oxygens (including phenoxy) is 1. The van der Waals surface area contributed by atoms with Gasteiger partial charge >= 0.3 is 6.09 Å². The predicted octanol–water partition coefficient (Wildman–Crippen LogP) is 7.03. The molecule has 2 aliphatic rings. The molecule has 2 heterocycles. The average molecular weight is 516 g/mol. The molecule has 1 aromatic heterocycles. The van der Waals surface area contributed by atoms with Gasteiger partial charge in [-0.2, -0.15) is 8.78 Å². The fourth-order valence-electron chi connectivity index (χ4n) is 4.61. The van der Waals surface area contributed by atoms with E-state index >= 15 is 8.78 Å². The Labute approximate surface area is 199 Å². The van der Waals surface area contributed by atoms with Crippen molar-refractivity contribution >= 4 is 22.0 Å². The molecule has 5 rings (SSSR count). The smallest absolute Gasteiger partial charge is 0.410 e. The molecule has 33 heavy (non-hydrogen) atoms. The number of H-pyrrole nitrogens is 1. The van der Waals surface area contributed by atoms with Crippen molar-refractivity contribution in [3.05, 3.63) is 64.0 Å². The summed E-state index contributed by atoms with van der Waals surface area (Å²) >= 11 is 3.29. The third kappa shape index (κ3) is 3.84. The molecule has 1 aliphatic carbocycles. The van der Waals surface area contributed by atoms with E-state index in [2.05, 4.69) is 25.9 Å². The Morgan fingerprint density at radius 2 is 1.88 bits per heavy atom. The summed E-state index contributed by atoms with van der Waals surface area (Å²) in [6, 6.07) is 9.84. The first-order valence-electron chi connectivity index (χ1n) is 10.9. The topological polar surface area (TPSA) is 58.2 Å². The third-order valence-corrected chi connectivity index (χ3v) is 6.56. The van der Waals surface area contributed by atoms with Crippen LogP contribution in [0.3, 0.4) is 0 Å². The molecule has 0 bridgehead atoms. The van der Waals surface area contributed by atoms with Gasteiger partial charge in [0.2, 0.25) is 0 Å². The first kappa shape index (κ1) is 22.1. The first-order valence-corrected chi connectivity index (χ1v) is 11.7. The number of alkyl halides is 2. The van der Waals surface area contributed by atoms with Gasteiger partial charge in [0.15, 0.2) is 0 Å². The van der Waals surface area contributed by atoms with E-state index in [1.807, 2.05) is 26.8 Å². The van der Waals surface area contributed by atoms with Crippen LogP contribution in [0.5, 0.6) is 0 Å². The largest absolute Gasteiger partial charge is 0.444 e. The number of likely N-dealkylation sites (tertiary alicyclic amines) is 1. The standard InChI is InChI=1S/C25H24BrF2N3O2/c1-24(2,3)33-23(32)31-10-4-5-21(31)22-29-13-20(30-22)14-6-8-16-17-9-7-15(26)12-19(17)25(27,28)18(16)11-14/h6-9,11-13,21H,4-5,10H2,1-3H3,(H,29,30). The van der Waals surface area contributed by atoms with Gasteiger partial charge in [0.1, 0.15) is 11.4 Å². The van der Waals surface area contributed by atoms with E-state index in [0.29, 0.717) is 39.2 Å². The summed E-state index contributed by atoms with van der Waals surface area (Å²) in [4.78, 5) is 22.0. The number of aromatic nitrogens is 2. The summed E-state index contributed by atoms with van der Waals surface area (Å²) in [6.07, 6.45) is 2.88. The van der Waals surface area contributed by atoms with Crippen molar-refractivity contribution in [1.82, 2.24) is 14.9 Å². The van der Waals surface area contributed by atoms with Gasteiger partial charge < -0.3 is 9.72 Å². The molecule has 1 N–H and O–H groups in total. The normalized spacial score (nSPS) is 18.8. The molecular weight excluding hydrogens is 492 g/mol.